The number of hydrogen-bond donors (Lipinski definition) is 0. The second-order valence-corrected chi connectivity index (χ2v) is 11.9. The summed E-state index contributed by atoms with van der Waals surface area (Å²) in [5.41, 5.74) is 6.59. The SMILES string of the molecule is [2H]c1c([2H])c([2H])c2c([2H])c(-c3ccc(-c4c5ccccc5c(-c5ccc6oc7c8ccccc8ccc7c6c5)c5ccccc45)cc3)c([2H])c([2H])c2c1[2H]. The number of hydrogen-bond acceptors (Lipinski definition) is 1. The lowest BCUT2D eigenvalue weighted by Gasteiger charge is -2.18. The van der Waals surface area contributed by atoms with Crippen molar-refractivity contribution in [1.29, 1.82) is 0 Å². The van der Waals surface area contributed by atoms with Crippen LogP contribution in [0.2, 0.25) is 0 Å². The van der Waals surface area contributed by atoms with Gasteiger partial charge in [-0.15, -0.1) is 0 Å². The van der Waals surface area contributed by atoms with Crippen LogP contribution < -0.4 is 0 Å². The Morgan fingerprint density at radius 3 is 1.70 bits per heavy atom. The number of fused-ring (bicyclic) bond motifs is 8. The molecule has 0 spiro atoms. The molecule has 0 N–H and O–H groups in total. The van der Waals surface area contributed by atoms with E-state index in [0.717, 1.165) is 76.5 Å². The minimum absolute atomic E-state index is 0.0522. The minimum atomic E-state index is -0.480. The Kier molecular flexibility index (Phi) is 4.34. The van der Waals surface area contributed by atoms with Gasteiger partial charge in [0.15, 0.2) is 0 Å². The van der Waals surface area contributed by atoms with Gasteiger partial charge in [0.1, 0.15) is 11.2 Å². The molecule has 10 rings (SSSR count). The van der Waals surface area contributed by atoms with Gasteiger partial charge in [-0.3, -0.25) is 0 Å². The molecule has 218 valence electrons. The first-order valence-electron chi connectivity index (χ1n) is 19.1. The quantitative estimate of drug-likeness (QED) is 0.183. The zero-order chi connectivity index (χ0) is 37.0. The molecule has 1 heteroatoms. The maximum Gasteiger partial charge on any atom is 0.143 e. The molecule has 1 nitrogen and oxygen atoms in total. The van der Waals surface area contributed by atoms with E-state index in [1.165, 1.54) is 0 Å². The molecule has 10 aromatic rings. The first kappa shape index (κ1) is 20.0. The standard InChI is InChI=1S/C46H28O/c1-2-11-33-27-34(22-19-29(33)9-1)30-17-20-32(21-18-30)44-37-13-5-7-15-39(37)45(40-16-8-6-14-38(40)44)35-24-26-43-42(28-35)41-25-23-31-10-3-4-12-36(31)46(41)47-43/h1-28H/i1D,2D,9D,11D,19D,22D,27D. The first-order chi connectivity index (χ1) is 26.2. The Bertz CT molecular complexity index is 3180. The summed E-state index contributed by atoms with van der Waals surface area (Å²) in [4.78, 5) is 0. The summed E-state index contributed by atoms with van der Waals surface area (Å²) in [5, 5.41) is 8.53. The van der Waals surface area contributed by atoms with Crippen LogP contribution in [-0.2, 0) is 0 Å². The molecule has 1 aromatic heterocycles. The largest absolute Gasteiger partial charge is 0.455 e. The fourth-order valence-corrected chi connectivity index (χ4v) is 7.14. The van der Waals surface area contributed by atoms with Crippen molar-refractivity contribution in [3.63, 3.8) is 0 Å². The molecule has 47 heavy (non-hydrogen) atoms. The molecule has 0 bridgehead atoms. The molecular weight excluding hydrogens is 569 g/mol. The summed E-state index contributed by atoms with van der Waals surface area (Å²) in [6.07, 6.45) is 0. The Balaban J connectivity index is 1.17. The van der Waals surface area contributed by atoms with Crippen LogP contribution in [0.1, 0.15) is 9.60 Å². The van der Waals surface area contributed by atoms with Gasteiger partial charge in [-0.25, -0.2) is 0 Å². The molecule has 9 aromatic carbocycles. The third-order valence-corrected chi connectivity index (χ3v) is 9.29. The Morgan fingerprint density at radius 2 is 0.979 bits per heavy atom. The van der Waals surface area contributed by atoms with Gasteiger partial charge >= 0.3 is 0 Å². The van der Waals surface area contributed by atoms with Gasteiger partial charge in [0.2, 0.25) is 0 Å². The van der Waals surface area contributed by atoms with E-state index in [0.29, 0.717) is 5.56 Å². The predicted octanol–water partition coefficient (Wildman–Crippen LogP) is 13.2. The third kappa shape index (κ3) is 4.03. The summed E-state index contributed by atoms with van der Waals surface area (Å²) >= 11 is 0. The number of benzene rings is 9. The number of rotatable bonds is 3. The summed E-state index contributed by atoms with van der Waals surface area (Å²) in [7, 11) is 0. The highest BCUT2D eigenvalue weighted by Gasteiger charge is 2.18. The summed E-state index contributed by atoms with van der Waals surface area (Å²) < 4.78 is 66.2. The zero-order valence-corrected chi connectivity index (χ0v) is 25.0. The van der Waals surface area contributed by atoms with Gasteiger partial charge in [-0.2, -0.15) is 0 Å². The maximum atomic E-state index is 9.02. The molecule has 0 aliphatic heterocycles. The van der Waals surface area contributed by atoms with E-state index in [-0.39, 0.29) is 40.5 Å². The fraction of sp³-hybridized carbons (Fsp3) is 0. The van der Waals surface area contributed by atoms with Crippen LogP contribution in [0.4, 0.5) is 0 Å². The van der Waals surface area contributed by atoms with E-state index in [9.17, 15) is 0 Å². The lowest BCUT2D eigenvalue weighted by atomic mass is 9.85. The van der Waals surface area contributed by atoms with Gasteiger partial charge in [0.25, 0.3) is 0 Å². The monoisotopic (exact) mass is 603 g/mol. The molecule has 0 unspecified atom stereocenters. The topological polar surface area (TPSA) is 13.1 Å². The van der Waals surface area contributed by atoms with Gasteiger partial charge in [0, 0.05) is 16.2 Å². The van der Waals surface area contributed by atoms with Crippen LogP contribution in [0.25, 0.3) is 98.4 Å². The highest BCUT2D eigenvalue weighted by Crippen LogP contribution is 2.45. The van der Waals surface area contributed by atoms with Crippen LogP contribution in [0.15, 0.2) is 174 Å². The predicted molar refractivity (Wildman–Crippen MR) is 200 cm³/mol. The first-order valence-corrected chi connectivity index (χ1v) is 15.6. The Labute approximate surface area is 281 Å². The molecule has 0 saturated heterocycles. The van der Waals surface area contributed by atoms with E-state index in [2.05, 4.69) is 78.9 Å². The van der Waals surface area contributed by atoms with Crippen molar-refractivity contribution in [2.45, 2.75) is 0 Å². The molecule has 0 amide bonds. The van der Waals surface area contributed by atoms with E-state index in [4.69, 9.17) is 14.0 Å². The molecular formula is C46H28O. The van der Waals surface area contributed by atoms with Crippen molar-refractivity contribution in [1.82, 2.24) is 0 Å². The lowest BCUT2D eigenvalue weighted by molar-refractivity contribution is 0.672. The lowest BCUT2D eigenvalue weighted by Crippen LogP contribution is -1.91. The summed E-state index contributed by atoms with van der Waals surface area (Å²) in [6, 6.07) is 40.9. The van der Waals surface area contributed by atoms with Gasteiger partial charge < -0.3 is 4.42 Å². The van der Waals surface area contributed by atoms with Gasteiger partial charge in [-0.05, 0) is 95.3 Å². The summed E-state index contributed by atoms with van der Waals surface area (Å²) in [6.45, 7) is 0. The molecule has 0 atom stereocenters. The van der Waals surface area contributed by atoms with E-state index in [1.54, 1.807) is 0 Å². The second-order valence-electron chi connectivity index (χ2n) is 11.9. The van der Waals surface area contributed by atoms with Crippen LogP contribution in [0.5, 0.6) is 0 Å². The van der Waals surface area contributed by atoms with E-state index < -0.39 is 18.1 Å². The van der Waals surface area contributed by atoms with Crippen molar-refractivity contribution in [2.24, 2.45) is 0 Å². The molecule has 0 aliphatic rings. The van der Waals surface area contributed by atoms with Crippen molar-refractivity contribution in [3.05, 3.63) is 170 Å². The highest BCUT2D eigenvalue weighted by molar-refractivity contribution is 6.22. The molecule has 0 aliphatic carbocycles. The van der Waals surface area contributed by atoms with E-state index in [1.807, 2.05) is 48.5 Å². The molecule has 1 heterocycles. The Morgan fingerprint density at radius 1 is 0.383 bits per heavy atom. The Hall–Kier alpha value is -6.18. The third-order valence-electron chi connectivity index (χ3n) is 9.29. The fourth-order valence-electron chi connectivity index (χ4n) is 7.14. The van der Waals surface area contributed by atoms with Crippen LogP contribution >= 0.6 is 0 Å². The molecule has 0 radical (unpaired) electrons. The maximum absolute atomic E-state index is 9.02. The number of furan rings is 1. The van der Waals surface area contributed by atoms with Crippen molar-refractivity contribution in [2.75, 3.05) is 0 Å². The minimum Gasteiger partial charge on any atom is -0.455 e. The molecule has 0 fully saturated rings. The average molecular weight is 604 g/mol. The van der Waals surface area contributed by atoms with Crippen molar-refractivity contribution < 1.29 is 14.0 Å². The van der Waals surface area contributed by atoms with Crippen LogP contribution in [0.3, 0.4) is 0 Å². The van der Waals surface area contributed by atoms with Crippen LogP contribution in [-0.4, -0.2) is 0 Å². The zero-order valence-electron chi connectivity index (χ0n) is 32.0. The smallest absolute Gasteiger partial charge is 0.143 e. The second kappa shape index (κ2) is 10.2. The average Bonchev–Trinajstić information content (AvgIpc) is 3.58. The normalized spacial score (nSPS) is 13.9. The van der Waals surface area contributed by atoms with E-state index >= 15 is 0 Å². The summed E-state index contributed by atoms with van der Waals surface area (Å²) in [5.74, 6) is 0. The van der Waals surface area contributed by atoms with Crippen molar-refractivity contribution in [3.8, 4) is 33.4 Å². The van der Waals surface area contributed by atoms with Gasteiger partial charge in [-0.1, -0.05) is 145 Å². The van der Waals surface area contributed by atoms with Gasteiger partial charge in [0.05, 0.1) is 9.60 Å². The van der Waals surface area contributed by atoms with Crippen molar-refractivity contribution >= 4 is 65.0 Å². The van der Waals surface area contributed by atoms with Crippen LogP contribution in [0, 0.1) is 0 Å². The highest BCUT2D eigenvalue weighted by atomic mass is 16.3. The molecule has 0 saturated carbocycles.